The Bertz CT molecular complexity index is 378. The Balaban J connectivity index is 1.71. The zero-order valence-corrected chi connectivity index (χ0v) is 15.9. The second-order valence-corrected chi connectivity index (χ2v) is 8.16. The molecule has 2 heterocycles. The van der Waals surface area contributed by atoms with Gasteiger partial charge in [0.25, 0.3) is 0 Å². The van der Waals surface area contributed by atoms with Crippen molar-refractivity contribution < 1.29 is 0 Å². The molecule has 0 aromatic rings. The number of likely N-dealkylation sites (tertiary alicyclic amines) is 2. The van der Waals surface area contributed by atoms with E-state index in [1.165, 1.54) is 51.6 Å². The molecule has 0 aromatic heterocycles. The third-order valence-corrected chi connectivity index (χ3v) is 5.37. The summed E-state index contributed by atoms with van der Waals surface area (Å²) in [7, 11) is 0. The third kappa shape index (κ3) is 5.98. The first-order chi connectivity index (χ1) is 11.0. The average Bonchev–Trinajstić information content (AvgIpc) is 2.87. The molecule has 2 fully saturated rings. The van der Waals surface area contributed by atoms with Gasteiger partial charge in [0.05, 0.1) is 0 Å². The standard InChI is InChI=1S/C19H38N4/c1-5-20-18(23-15-11-19(3,4)16-23)21-12-7-9-14-22-13-8-6-10-17(22)2/h17H,5-16H2,1-4H3,(H,20,21). The topological polar surface area (TPSA) is 30.9 Å². The summed E-state index contributed by atoms with van der Waals surface area (Å²) in [6.45, 7) is 16.0. The maximum absolute atomic E-state index is 4.88. The normalized spacial score (nSPS) is 25.8. The fourth-order valence-corrected chi connectivity index (χ4v) is 3.82. The average molecular weight is 323 g/mol. The Morgan fingerprint density at radius 3 is 2.70 bits per heavy atom. The molecule has 134 valence electrons. The maximum atomic E-state index is 4.88. The molecule has 4 heteroatoms. The summed E-state index contributed by atoms with van der Waals surface area (Å²) in [4.78, 5) is 9.98. The first-order valence-corrected chi connectivity index (χ1v) is 9.79. The zero-order valence-electron chi connectivity index (χ0n) is 15.9. The van der Waals surface area contributed by atoms with E-state index in [1.807, 2.05) is 0 Å². The minimum absolute atomic E-state index is 0.431. The molecule has 1 N–H and O–H groups in total. The van der Waals surface area contributed by atoms with E-state index in [1.54, 1.807) is 0 Å². The number of rotatable bonds is 6. The van der Waals surface area contributed by atoms with Gasteiger partial charge in [-0.2, -0.15) is 0 Å². The van der Waals surface area contributed by atoms with E-state index in [0.29, 0.717) is 5.41 Å². The molecule has 23 heavy (non-hydrogen) atoms. The summed E-state index contributed by atoms with van der Waals surface area (Å²) in [5.74, 6) is 1.13. The SMILES string of the molecule is CCNC(=NCCCCN1CCCCC1C)N1CCC(C)(C)C1. The Morgan fingerprint density at radius 2 is 2.04 bits per heavy atom. The lowest BCUT2D eigenvalue weighted by Crippen LogP contribution is -2.41. The summed E-state index contributed by atoms with van der Waals surface area (Å²) >= 11 is 0. The molecule has 1 atom stereocenters. The van der Waals surface area contributed by atoms with Gasteiger partial charge in [0.2, 0.25) is 0 Å². The van der Waals surface area contributed by atoms with E-state index >= 15 is 0 Å². The molecule has 0 radical (unpaired) electrons. The second-order valence-electron chi connectivity index (χ2n) is 8.16. The minimum atomic E-state index is 0.431. The first-order valence-electron chi connectivity index (χ1n) is 9.79. The van der Waals surface area contributed by atoms with Crippen LogP contribution in [0, 0.1) is 5.41 Å². The molecule has 0 spiro atoms. The van der Waals surface area contributed by atoms with Crippen molar-refractivity contribution in [1.82, 2.24) is 15.1 Å². The van der Waals surface area contributed by atoms with Gasteiger partial charge in [-0.15, -0.1) is 0 Å². The van der Waals surface area contributed by atoms with Crippen LogP contribution in [-0.4, -0.2) is 61.1 Å². The maximum Gasteiger partial charge on any atom is 0.193 e. The Hall–Kier alpha value is -0.770. The summed E-state index contributed by atoms with van der Waals surface area (Å²) in [5.41, 5.74) is 0.431. The molecule has 0 aromatic carbocycles. The number of nitrogens with zero attached hydrogens (tertiary/aromatic N) is 3. The summed E-state index contributed by atoms with van der Waals surface area (Å²) < 4.78 is 0. The Kier molecular flexibility index (Phi) is 7.19. The Labute approximate surface area is 143 Å². The van der Waals surface area contributed by atoms with Crippen LogP contribution in [-0.2, 0) is 0 Å². The van der Waals surface area contributed by atoms with Crippen LogP contribution < -0.4 is 5.32 Å². The Morgan fingerprint density at radius 1 is 1.22 bits per heavy atom. The zero-order chi connectivity index (χ0) is 16.7. The largest absolute Gasteiger partial charge is 0.357 e. The number of hydrogen-bond donors (Lipinski definition) is 1. The number of hydrogen-bond acceptors (Lipinski definition) is 2. The summed E-state index contributed by atoms with van der Waals surface area (Å²) in [6, 6.07) is 0.788. The molecule has 2 rings (SSSR count). The fourth-order valence-electron chi connectivity index (χ4n) is 3.82. The van der Waals surface area contributed by atoms with Crippen LogP contribution in [0.25, 0.3) is 0 Å². The van der Waals surface area contributed by atoms with Gasteiger partial charge in [0, 0.05) is 32.2 Å². The molecule has 1 unspecified atom stereocenters. The smallest absolute Gasteiger partial charge is 0.193 e. The molecule has 0 saturated carbocycles. The van der Waals surface area contributed by atoms with Crippen molar-refractivity contribution in [3.8, 4) is 0 Å². The number of unbranched alkanes of at least 4 members (excludes halogenated alkanes) is 1. The number of guanidine groups is 1. The summed E-state index contributed by atoms with van der Waals surface area (Å²) in [6.07, 6.45) is 7.93. The molecule has 2 aliphatic heterocycles. The van der Waals surface area contributed by atoms with E-state index in [2.05, 4.69) is 42.8 Å². The van der Waals surface area contributed by atoms with E-state index in [4.69, 9.17) is 4.99 Å². The van der Waals surface area contributed by atoms with E-state index in [0.717, 1.165) is 38.2 Å². The predicted octanol–water partition coefficient (Wildman–Crippen LogP) is 3.34. The minimum Gasteiger partial charge on any atom is -0.357 e. The lowest BCUT2D eigenvalue weighted by Gasteiger charge is -2.33. The van der Waals surface area contributed by atoms with Crippen molar-refractivity contribution >= 4 is 5.96 Å². The summed E-state index contributed by atoms with van der Waals surface area (Å²) in [5, 5.41) is 3.48. The van der Waals surface area contributed by atoms with Crippen LogP contribution >= 0.6 is 0 Å². The van der Waals surface area contributed by atoms with Crippen molar-refractivity contribution in [3.05, 3.63) is 0 Å². The number of piperidine rings is 1. The highest BCUT2D eigenvalue weighted by Gasteiger charge is 2.30. The van der Waals surface area contributed by atoms with Crippen LogP contribution in [0.1, 0.15) is 66.2 Å². The highest BCUT2D eigenvalue weighted by molar-refractivity contribution is 5.80. The van der Waals surface area contributed by atoms with Crippen LogP contribution in [0.3, 0.4) is 0 Å². The van der Waals surface area contributed by atoms with Crippen molar-refractivity contribution in [2.75, 3.05) is 39.3 Å². The third-order valence-electron chi connectivity index (χ3n) is 5.37. The van der Waals surface area contributed by atoms with E-state index < -0.39 is 0 Å². The van der Waals surface area contributed by atoms with Gasteiger partial charge >= 0.3 is 0 Å². The fraction of sp³-hybridized carbons (Fsp3) is 0.947. The number of nitrogens with one attached hydrogen (secondary N) is 1. The van der Waals surface area contributed by atoms with E-state index in [9.17, 15) is 0 Å². The van der Waals surface area contributed by atoms with Crippen LogP contribution in [0.2, 0.25) is 0 Å². The van der Waals surface area contributed by atoms with Gasteiger partial charge in [0.15, 0.2) is 5.96 Å². The quantitative estimate of drug-likeness (QED) is 0.462. The lowest BCUT2D eigenvalue weighted by atomic mass is 9.93. The van der Waals surface area contributed by atoms with Crippen molar-refractivity contribution in [3.63, 3.8) is 0 Å². The molecule has 4 nitrogen and oxygen atoms in total. The van der Waals surface area contributed by atoms with Crippen molar-refractivity contribution in [1.29, 1.82) is 0 Å². The molecular formula is C19H38N4. The van der Waals surface area contributed by atoms with Gasteiger partial charge in [-0.3, -0.25) is 4.99 Å². The van der Waals surface area contributed by atoms with Gasteiger partial charge in [0.1, 0.15) is 0 Å². The molecule has 0 amide bonds. The second kappa shape index (κ2) is 8.91. The molecular weight excluding hydrogens is 284 g/mol. The van der Waals surface area contributed by atoms with Gasteiger partial charge < -0.3 is 15.1 Å². The molecule has 0 aliphatic carbocycles. The van der Waals surface area contributed by atoms with Crippen molar-refractivity contribution in [2.45, 2.75) is 72.3 Å². The lowest BCUT2D eigenvalue weighted by molar-refractivity contribution is 0.158. The monoisotopic (exact) mass is 322 g/mol. The molecule has 2 saturated heterocycles. The van der Waals surface area contributed by atoms with Crippen LogP contribution in [0.4, 0.5) is 0 Å². The van der Waals surface area contributed by atoms with Gasteiger partial charge in [-0.05, 0) is 64.5 Å². The van der Waals surface area contributed by atoms with Crippen LogP contribution in [0.15, 0.2) is 4.99 Å². The molecule has 2 aliphatic rings. The van der Waals surface area contributed by atoms with Gasteiger partial charge in [-0.25, -0.2) is 0 Å². The van der Waals surface area contributed by atoms with E-state index in [-0.39, 0.29) is 0 Å². The predicted molar refractivity (Wildman–Crippen MR) is 100 cm³/mol. The molecule has 0 bridgehead atoms. The number of aliphatic imine (C=N–C) groups is 1. The van der Waals surface area contributed by atoms with Crippen molar-refractivity contribution in [2.24, 2.45) is 10.4 Å². The highest BCUT2D eigenvalue weighted by atomic mass is 15.3. The first kappa shape index (κ1) is 18.6. The van der Waals surface area contributed by atoms with Crippen LogP contribution in [0.5, 0.6) is 0 Å². The van der Waals surface area contributed by atoms with Gasteiger partial charge in [-0.1, -0.05) is 20.3 Å². The highest BCUT2D eigenvalue weighted by Crippen LogP contribution is 2.28.